The van der Waals surface area contributed by atoms with Crippen molar-refractivity contribution in [1.29, 1.82) is 0 Å². The van der Waals surface area contributed by atoms with Gasteiger partial charge in [0.15, 0.2) is 0 Å². The Bertz CT molecular complexity index is 1120. The van der Waals surface area contributed by atoms with Gasteiger partial charge in [-0.1, -0.05) is 41.6 Å². The van der Waals surface area contributed by atoms with Crippen LogP contribution in [0.2, 0.25) is 5.02 Å². The van der Waals surface area contributed by atoms with E-state index in [4.69, 9.17) is 11.6 Å². The van der Waals surface area contributed by atoms with Crippen molar-refractivity contribution in [2.24, 2.45) is 0 Å². The predicted octanol–water partition coefficient (Wildman–Crippen LogP) is 3.26. The van der Waals surface area contributed by atoms with Gasteiger partial charge in [-0.05, 0) is 30.3 Å². The van der Waals surface area contributed by atoms with E-state index < -0.39 is 5.91 Å². The zero-order chi connectivity index (χ0) is 18.8. The van der Waals surface area contributed by atoms with Crippen LogP contribution in [0, 0.1) is 11.8 Å². The average molecular weight is 374 g/mol. The number of halogens is 1. The summed E-state index contributed by atoms with van der Waals surface area (Å²) in [6, 6.07) is 14.6. The summed E-state index contributed by atoms with van der Waals surface area (Å²) in [6.45, 7) is 0. The Balaban J connectivity index is 1.67. The molecule has 2 heterocycles. The highest BCUT2D eigenvalue weighted by Gasteiger charge is 2.34. The van der Waals surface area contributed by atoms with Crippen LogP contribution in [0.15, 0.2) is 61.1 Å². The van der Waals surface area contributed by atoms with Crippen LogP contribution < -0.4 is 4.90 Å². The maximum Gasteiger partial charge on any atom is 0.268 e. The van der Waals surface area contributed by atoms with Crippen LogP contribution in [0.5, 0.6) is 0 Å². The van der Waals surface area contributed by atoms with E-state index in [0.717, 1.165) is 10.5 Å². The van der Waals surface area contributed by atoms with Gasteiger partial charge in [0.2, 0.25) is 5.91 Å². The number of imide groups is 1. The van der Waals surface area contributed by atoms with E-state index in [9.17, 15) is 9.59 Å². The molecule has 0 unspecified atom stereocenters. The molecule has 0 spiro atoms. The lowest BCUT2D eigenvalue weighted by Gasteiger charge is -2.26. The van der Waals surface area contributed by atoms with Gasteiger partial charge in [-0.25, -0.2) is 14.9 Å². The number of anilines is 1. The molecule has 0 aliphatic carbocycles. The number of hydrogen-bond acceptors (Lipinski definition) is 4. The van der Waals surface area contributed by atoms with Gasteiger partial charge in [-0.2, -0.15) is 0 Å². The number of fused-ring (bicyclic) bond motifs is 1. The van der Waals surface area contributed by atoms with Gasteiger partial charge < -0.3 is 0 Å². The highest BCUT2D eigenvalue weighted by atomic mass is 35.5. The first kappa shape index (κ1) is 17.0. The molecule has 0 saturated carbocycles. The first-order valence-corrected chi connectivity index (χ1v) is 8.54. The summed E-state index contributed by atoms with van der Waals surface area (Å²) in [7, 11) is 0. The van der Waals surface area contributed by atoms with Gasteiger partial charge in [0.1, 0.15) is 6.33 Å². The van der Waals surface area contributed by atoms with Gasteiger partial charge in [0.25, 0.3) is 5.91 Å². The molecule has 27 heavy (non-hydrogen) atoms. The third-order valence-electron chi connectivity index (χ3n) is 4.11. The predicted molar refractivity (Wildman–Crippen MR) is 101 cm³/mol. The van der Waals surface area contributed by atoms with E-state index in [2.05, 4.69) is 21.8 Å². The Morgan fingerprint density at radius 1 is 1.00 bits per heavy atom. The average Bonchev–Trinajstić information content (AvgIpc) is 2.68. The summed E-state index contributed by atoms with van der Waals surface area (Å²) in [5.74, 6) is 5.21. The fourth-order valence-electron chi connectivity index (χ4n) is 2.81. The minimum atomic E-state index is -0.480. The first-order chi connectivity index (χ1) is 13.1. The monoisotopic (exact) mass is 373 g/mol. The lowest BCUT2D eigenvalue weighted by atomic mass is 10.0. The molecule has 2 amide bonds. The lowest BCUT2D eigenvalue weighted by molar-refractivity contribution is -0.117. The summed E-state index contributed by atoms with van der Waals surface area (Å²) >= 11 is 6.36. The fourth-order valence-corrected chi connectivity index (χ4v) is 3.07. The molecule has 3 aromatic rings. The molecule has 0 N–H and O–H groups in total. The minimum Gasteiger partial charge on any atom is -0.274 e. The highest BCUT2D eigenvalue weighted by Crippen LogP contribution is 2.31. The number of hydrogen-bond donors (Lipinski definition) is 0. The van der Waals surface area contributed by atoms with Crippen molar-refractivity contribution < 1.29 is 9.59 Å². The van der Waals surface area contributed by atoms with Crippen molar-refractivity contribution >= 4 is 29.1 Å². The normalized spacial score (nSPS) is 13.0. The van der Waals surface area contributed by atoms with Crippen molar-refractivity contribution in [1.82, 2.24) is 9.97 Å². The topological polar surface area (TPSA) is 63.2 Å². The van der Waals surface area contributed by atoms with Crippen molar-refractivity contribution in [3.8, 4) is 11.8 Å². The molecule has 4 rings (SSSR count). The van der Waals surface area contributed by atoms with E-state index in [1.165, 1.54) is 12.5 Å². The standard InChI is InChI=1S/C21H12ClN3O2/c22-17-10-15(7-6-14-4-2-1-3-5-14)8-9-19(17)25-20(26)11-18-16(21(25)27)12-23-13-24-18/h1-5,8-10,12-13H,11H2. The number of amides is 2. The van der Waals surface area contributed by atoms with Crippen LogP contribution in [0.25, 0.3) is 0 Å². The second-order valence-corrected chi connectivity index (χ2v) is 6.28. The van der Waals surface area contributed by atoms with Crippen molar-refractivity contribution in [2.45, 2.75) is 6.42 Å². The molecule has 0 radical (unpaired) electrons. The van der Waals surface area contributed by atoms with Crippen LogP contribution in [-0.2, 0) is 11.2 Å². The molecule has 1 aliphatic rings. The Morgan fingerprint density at radius 2 is 1.78 bits per heavy atom. The van der Waals surface area contributed by atoms with Crippen molar-refractivity contribution in [3.63, 3.8) is 0 Å². The molecule has 0 saturated heterocycles. The second kappa shape index (κ2) is 7.02. The molecule has 0 bridgehead atoms. The lowest BCUT2D eigenvalue weighted by Crippen LogP contribution is -2.43. The SMILES string of the molecule is O=C1Cc2ncncc2C(=O)N1c1ccc(C#Cc2ccccc2)cc1Cl. The number of carbonyl (C=O) groups is 2. The number of aromatic nitrogens is 2. The van der Waals surface area contributed by atoms with Gasteiger partial charge in [-0.3, -0.25) is 9.59 Å². The Kier molecular flexibility index (Phi) is 4.41. The zero-order valence-electron chi connectivity index (χ0n) is 14.0. The molecular weight excluding hydrogens is 362 g/mol. The van der Waals surface area contributed by atoms with Crippen molar-refractivity contribution in [3.05, 3.63) is 88.5 Å². The molecule has 2 aromatic carbocycles. The molecular formula is C21H12ClN3O2. The maximum atomic E-state index is 12.7. The van der Waals surface area contributed by atoms with Gasteiger partial charge in [-0.15, -0.1) is 0 Å². The smallest absolute Gasteiger partial charge is 0.268 e. The van der Waals surface area contributed by atoms with E-state index >= 15 is 0 Å². The van der Waals surface area contributed by atoms with E-state index in [1.54, 1.807) is 18.2 Å². The number of benzene rings is 2. The Morgan fingerprint density at radius 3 is 2.56 bits per heavy atom. The van der Waals surface area contributed by atoms with Crippen molar-refractivity contribution in [2.75, 3.05) is 4.90 Å². The van der Waals surface area contributed by atoms with Gasteiger partial charge >= 0.3 is 0 Å². The minimum absolute atomic E-state index is 0.0233. The highest BCUT2D eigenvalue weighted by molar-refractivity contribution is 6.36. The van der Waals surface area contributed by atoms with Gasteiger partial charge in [0.05, 0.1) is 28.4 Å². The largest absolute Gasteiger partial charge is 0.274 e. The Labute approximate surface area is 160 Å². The molecule has 1 aliphatic heterocycles. The number of rotatable bonds is 1. The van der Waals surface area contributed by atoms with Gasteiger partial charge in [0, 0.05) is 17.3 Å². The molecule has 0 atom stereocenters. The maximum absolute atomic E-state index is 12.7. The fraction of sp³-hybridized carbons (Fsp3) is 0.0476. The van der Waals surface area contributed by atoms with Crippen LogP contribution >= 0.6 is 11.6 Å². The summed E-state index contributed by atoms with van der Waals surface area (Å²) in [5.41, 5.74) is 2.63. The molecule has 1 aromatic heterocycles. The molecule has 6 heteroatoms. The molecule has 130 valence electrons. The third kappa shape index (κ3) is 3.31. The third-order valence-corrected chi connectivity index (χ3v) is 4.41. The van der Waals surface area contributed by atoms with Crippen LogP contribution in [0.1, 0.15) is 27.2 Å². The zero-order valence-corrected chi connectivity index (χ0v) is 14.8. The Hall–Kier alpha value is -3.49. The summed E-state index contributed by atoms with van der Waals surface area (Å²) in [6.07, 6.45) is 2.76. The summed E-state index contributed by atoms with van der Waals surface area (Å²) < 4.78 is 0. The molecule has 5 nitrogen and oxygen atoms in total. The van der Waals surface area contributed by atoms with E-state index in [0.29, 0.717) is 22.5 Å². The first-order valence-electron chi connectivity index (χ1n) is 8.16. The number of carbonyl (C=O) groups excluding carboxylic acids is 2. The summed E-state index contributed by atoms with van der Waals surface area (Å²) in [5, 5.41) is 0.275. The van der Waals surface area contributed by atoms with E-state index in [1.807, 2.05) is 30.3 Å². The number of nitrogens with zero attached hydrogens (tertiary/aromatic N) is 3. The van der Waals surface area contributed by atoms with Crippen LogP contribution in [-0.4, -0.2) is 21.8 Å². The molecule has 0 fully saturated rings. The van der Waals surface area contributed by atoms with Crippen LogP contribution in [0.3, 0.4) is 0 Å². The second-order valence-electron chi connectivity index (χ2n) is 5.88. The summed E-state index contributed by atoms with van der Waals surface area (Å²) in [4.78, 5) is 34.1. The van der Waals surface area contributed by atoms with Crippen LogP contribution in [0.4, 0.5) is 5.69 Å². The quantitative estimate of drug-likeness (QED) is 0.485. The van der Waals surface area contributed by atoms with E-state index in [-0.39, 0.29) is 17.4 Å².